The molecule has 10 heteroatoms. The molecule has 0 bridgehead atoms. The van der Waals surface area contributed by atoms with E-state index in [1.807, 2.05) is 52.0 Å². The fraction of sp³-hybridized carbons (Fsp3) is 0.440. The van der Waals surface area contributed by atoms with E-state index in [1.54, 1.807) is 6.07 Å². The number of nitrogens with one attached hydrogen (secondary N) is 1. The SMILES string of the molecule is CC[C@H](C(=O)NC(C)C)N(Cc1ccccc1C)C(=O)CN(c1cc(Cl)ccc1OC)S(C)(=O)=O. The smallest absolute Gasteiger partial charge is 0.244 e. The van der Waals surface area contributed by atoms with Crippen LogP contribution in [0.15, 0.2) is 42.5 Å². The molecular formula is C25H34ClN3O5S. The highest BCUT2D eigenvalue weighted by Gasteiger charge is 2.33. The van der Waals surface area contributed by atoms with Crippen molar-refractivity contribution >= 4 is 39.1 Å². The third-order valence-electron chi connectivity index (χ3n) is 5.51. The van der Waals surface area contributed by atoms with Crippen LogP contribution in [0.25, 0.3) is 0 Å². The minimum absolute atomic E-state index is 0.116. The molecular weight excluding hydrogens is 490 g/mol. The predicted octanol–water partition coefficient (Wildman–Crippen LogP) is 3.76. The number of sulfonamides is 1. The first-order chi connectivity index (χ1) is 16.4. The van der Waals surface area contributed by atoms with Gasteiger partial charge in [-0.15, -0.1) is 0 Å². The summed E-state index contributed by atoms with van der Waals surface area (Å²) in [5, 5.41) is 3.16. The van der Waals surface area contributed by atoms with Gasteiger partial charge < -0.3 is 15.0 Å². The predicted molar refractivity (Wildman–Crippen MR) is 139 cm³/mol. The van der Waals surface area contributed by atoms with Gasteiger partial charge >= 0.3 is 0 Å². The minimum Gasteiger partial charge on any atom is -0.495 e. The summed E-state index contributed by atoms with van der Waals surface area (Å²) < 4.78 is 31.8. The van der Waals surface area contributed by atoms with Crippen molar-refractivity contribution in [2.24, 2.45) is 0 Å². The van der Waals surface area contributed by atoms with Gasteiger partial charge in [-0.25, -0.2) is 8.42 Å². The molecule has 8 nitrogen and oxygen atoms in total. The Morgan fingerprint density at radius 2 is 1.80 bits per heavy atom. The van der Waals surface area contributed by atoms with Crippen LogP contribution in [0.2, 0.25) is 5.02 Å². The Balaban J connectivity index is 2.53. The molecule has 0 saturated heterocycles. The van der Waals surface area contributed by atoms with Crippen molar-refractivity contribution in [3.05, 3.63) is 58.6 Å². The molecule has 2 aromatic rings. The number of hydrogen-bond donors (Lipinski definition) is 1. The Bertz CT molecular complexity index is 1150. The Kier molecular flexibility index (Phi) is 9.97. The van der Waals surface area contributed by atoms with E-state index in [1.165, 1.54) is 24.1 Å². The van der Waals surface area contributed by atoms with Gasteiger partial charge in [0.05, 0.1) is 19.1 Å². The second kappa shape index (κ2) is 12.3. The molecule has 0 heterocycles. The first kappa shape index (κ1) is 28.5. The zero-order valence-electron chi connectivity index (χ0n) is 21.0. The number of benzene rings is 2. The number of amides is 2. The molecule has 0 aliphatic carbocycles. The van der Waals surface area contributed by atoms with Gasteiger partial charge in [0, 0.05) is 17.6 Å². The molecule has 0 unspecified atom stereocenters. The van der Waals surface area contributed by atoms with Crippen LogP contribution in [0.4, 0.5) is 5.69 Å². The van der Waals surface area contributed by atoms with Crippen LogP contribution in [0, 0.1) is 6.92 Å². The number of ether oxygens (including phenoxy) is 1. The average molecular weight is 524 g/mol. The lowest BCUT2D eigenvalue weighted by Crippen LogP contribution is -2.53. The Morgan fingerprint density at radius 1 is 1.14 bits per heavy atom. The molecule has 2 rings (SSSR count). The summed E-state index contributed by atoms with van der Waals surface area (Å²) in [4.78, 5) is 28.2. The quantitative estimate of drug-likeness (QED) is 0.484. The molecule has 0 saturated carbocycles. The lowest BCUT2D eigenvalue weighted by molar-refractivity contribution is -0.140. The van der Waals surface area contributed by atoms with E-state index < -0.39 is 28.5 Å². The summed E-state index contributed by atoms with van der Waals surface area (Å²) in [5.74, 6) is -0.565. The molecule has 1 N–H and O–H groups in total. The maximum Gasteiger partial charge on any atom is 0.244 e. The van der Waals surface area contributed by atoms with Gasteiger partial charge in [-0.05, 0) is 56.5 Å². The number of carbonyl (C=O) groups excluding carboxylic acids is 2. The van der Waals surface area contributed by atoms with Crippen molar-refractivity contribution in [3.63, 3.8) is 0 Å². The number of anilines is 1. The van der Waals surface area contributed by atoms with Gasteiger partial charge in [0.2, 0.25) is 21.8 Å². The number of hydrogen-bond acceptors (Lipinski definition) is 5. The van der Waals surface area contributed by atoms with Crippen molar-refractivity contribution in [2.45, 2.75) is 52.7 Å². The fourth-order valence-electron chi connectivity index (χ4n) is 3.72. The van der Waals surface area contributed by atoms with Crippen LogP contribution in [0.5, 0.6) is 5.75 Å². The van der Waals surface area contributed by atoms with E-state index in [-0.39, 0.29) is 29.9 Å². The van der Waals surface area contributed by atoms with Gasteiger partial charge in [0.1, 0.15) is 18.3 Å². The number of halogens is 1. The van der Waals surface area contributed by atoms with E-state index in [4.69, 9.17) is 16.3 Å². The van der Waals surface area contributed by atoms with Gasteiger partial charge in [0.15, 0.2) is 0 Å². The van der Waals surface area contributed by atoms with Crippen molar-refractivity contribution in [2.75, 3.05) is 24.2 Å². The van der Waals surface area contributed by atoms with Crippen LogP contribution in [-0.2, 0) is 26.2 Å². The van der Waals surface area contributed by atoms with E-state index >= 15 is 0 Å². The monoisotopic (exact) mass is 523 g/mol. The average Bonchev–Trinajstić information content (AvgIpc) is 2.77. The van der Waals surface area contributed by atoms with Crippen LogP contribution in [0.1, 0.15) is 38.3 Å². The van der Waals surface area contributed by atoms with E-state index in [0.717, 1.165) is 21.7 Å². The van der Waals surface area contributed by atoms with E-state index in [2.05, 4.69) is 5.32 Å². The van der Waals surface area contributed by atoms with Crippen molar-refractivity contribution < 1.29 is 22.7 Å². The summed E-state index contributed by atoms with van der Waals surface area (Å²) in [6.07, 6.45) is 1.37. The molecule has 0 fully saturated rings. The molecule has 35 heavy (non-hydrogen) atoms. The molecule has 0 aliphatic rings. The first-order valence-electron chi connectivity index (χ1n) is 11.3. The zero-order valence-corrected chi connectivity index (χ0v) is 22.6. The van der Waals surface area contributed by atoms with Gasteiger partial charge in [-0.1, -0.05) is 42.8 Å². The second-order valence-corrected chi connectivity index (χ2v) is 11.0. The highest BCUT2D eigenvalue weighted by molar-refractivity contribution is 7.92. The van der Waals surface area contributed by atoms with Crippen LogP contribution in [0.3, 0.4) is 0 Å². The lowest BCUT2D eigenvalue weighted by Gasteiger charge is -2.33. The van der Waals surface area contributed by atoms with Crippen LogP contribution >= 0.6 is 11.6 Å². The lowest BCUT2D eigenvalue weighted by atomic mass is 10.1. The normalized spacial score (nSPS) is 12.2. The first-order valence-corrected chi connectivity index (χ1v) is 13.6. The number of aryl methyl sites for hydroxylation is 1. The summed E-state index contributed by atoms with van der Waals surface area (Å²) in [5.41, 5.74) is 1.97. The number of carbonyl (C=O) groups is 2. The fourth-order valence-corrected chi connectivity index (χ4v) is 4.74. The number of methoxy groups -OCH3 is 1. The van der Waals surface area contributed by atoms with Gasteiger partial charge in [0.25, 0.3) is 0 Å². The molecule has 0 spiro atoms. The zero-order chi connectivity index (χ0) is 26.3. The van der Waals surface area contributed by atoms with Gasteiger partial charge in [-0.2, -0.15) is 0 Å². The molecule has 2 amide bonds. The van der Waals surface area contributed by atoms with E-state index in [9.17, 15) is 18.0 Å². The molecule has 0 aliphatic heterocycles. The summed E-state index contributed by atoms with van der Waals surface area (Å²) >= 11 is 6.13. The standard InChI is InChI=1S/C25H34ClN3O5S/c1-7-21(25(31)27-17(2)3)28(15-19-11-9-8-10-18(19)4)24(30)16-29(35(6,32)33)22-14-20(26)12-13-23(22)34-5/h8-14,17,21H,7,15-16H2,1-6H3,(H,27,31)/t21-/m1/s1. The van der Waals surface area contributed by atoms with Crippen molar-refractivity contribution in [1.82, 2.24) is 10.2 Å². The highest BCUT2D eigenvalue weighted by Crippen LogP contribution is 2.33. The maximum atomic E-state index is 13.7. The minimum atomic E-state index is -3.90. The third-order valence-corrected chi connectivity index (χ3v) is 6.87. The molecule has 1 atom stereocenters. The molecule has 2 aromatic carbocycles. The van der Waals surface area contributed by atoms with Crippen LogP contribution in [-0.4, -0.2) is 57.1 Å². The third kappa shape index (κ3) is 7.60. The number of nitrogens with zero attached hydrogens (tertiary/aromatic N) is 2. The second-order valence-electron chi connectivity index (χ2n) is 8.62. The highest BCUT2D eigenvalue weighted by atomic mass is 35.5. The van der Waals surface area contributed by atoms with Gasteiger partial charge in [-0.3, -0.25) is 13.9 Å². The summed E-state index contributed by atoms with van der Waals surface area (Å²) in [6, 6.07) is 11.2. The maximum absolute atomic E-state index is 13.7. The molecule has 192 valence electrons. The Hall–Kier alpha value is -2.78. The summed E-state index contributed by atoms with van der Waals surface area (Å²) in [6.45, 7) is 7.06. The Labute approximate surface area is 213 Å². The topological polar surface area (TPSA) is 96.0 Å². The number of rotatable bonds is 11. The molecule has 0 aromatic heterocycles. The van der Waals surface area contributed by atoms with Crippen LogP contribution < -0.4 is 14.4 Å². The summed E-state index contributed by atoms with van der Waals surface area (Å²) in [7, 11) is -2.50. The Morgan fingerprint density at radius 3 is 2.34 bits per heavy atom. The van der Waals surface area contributed by atoms with Crippen molar-refractivity contribution in [3.8, 4) is 5.75 Å². The largest absolute Gasteiger partial charge is 0.495 e. The molecule has 0 radical (unpaired) electrons. The van der Waals surface area contributed by atoms with Crippen molar-refractivity contribution in [1.29, 1.82) is 0 Å². The van der Waals surface area contributed by atoms with E-state index in [0.29, 0.717) is 11.4 Å².